The molecule has 6 nitrogen and oxygen atoms in total. The molecular formula is C20H25FN2O4S. The zero-order valence-electron chi connectivity index (χ0n) is 16.2. The van der Waals surface area contributed by atoms with Crippen molar-refractivity contribution in [1.82, 2.24) is 5.32 Å². The number of hydrogen-bond donors (Lipinski definition) is 1. The van der Waals surface area contributed by atoms with Gasteiger partial charge in [-0.1, -0.05) is 18.2 Å². The summed E-state index contributed by atoms with van der Waals surface area (Å²) >= 11 is 0. The molecule has 2 rings (SSSR count). The highest BCUT2D eigenvalue weighted by Gasteiger charge is 2.29. The molecular weight excluding hydrogens is 383 g/mol. The quantitative estimate of drug-likeness (QED) is 0.648. The minimum absolute atomic E-state index is 0.113. The zero-order chi connectivity index (χ0) is 20.7. The third-order valence-corrected chi connectivity index (χ3v) is 5.47. The first-order chi connectivity index (χ1) is 13.2. The predicted octanol–water partition coefficient (Wildman–Crippen LogP) is 2.74. The fourth-order valence-corrected chi connectivity index (χ4v) is 4.07. The van der Waals surface area contributed by atoms with Crippen molar-refractivity contribution < 1.29 is 22.3 Å². The first-order valence-corrected chi connectivity index (χ1v) is 10.7. The number of hydrogen-bond acceptors (Lipinski definition) is 4. The van der Waals surface area contributed by atoms with E-state index in [4.69, 9.17) is 4.74 Å². The van der Waals surface area contributed by atoms with Gasteiger partial charge in [-0.3, -0.25) is 9.10 Å². The van der Waals surface area contributed by atoms with Crippen LogP contribution in [0.4, 0.5) is 10.1 Å². The molecule has 8 heteroatoms. The topological polar surface area (TPSA) is 75.7 Å². The van der Waals surface area contributed by atoms with Gasteiger partial charge in [0.2, 0.25) is 15.9 Å². The van der Waals surface area contributed by atoms with Crippen LogP contribution in [-0.4, -0.2) is 40.3 Å². The third-order valence-electron chi connectivity index (χ3n) is 4.23. The number of benzene rings is 2. The Kier molecular flexibility index (Phi) is 7.39. The van der Waals surface area contributed by atoms with E-state index >= 15 is 0 Å². The van der Waals surface area contributed by atoms with Crippen molar-refractivity contribution >= 4 is 21.6 Å². The first-order valence-electron chi connectivity index (χ1n) is 8.88. The minimum Gasteiger partial charge on any atom is -0.497 e. The molecule has 0 unspecified atom stereocenters. The maximum atomic E-state index is 13.5. The summed E-state index contributed by atoms with van der Waals surface area (Å²) in [7, 11) is -2.16. The Morgan fingerprint density at radius 3 is 2.57 bits per heavy atom. The van der Waals surface area contributed by atoms with Crippen molar-refractivity contribution in [3.63, 3.8) is 0 Å². The molecule has 0 fully saturated rings. The lowest BCUT2D eigenvalue weighted by molar-refractivity contribution is -0.121. The fraction of sp³-hybridized carbons (Fsp3) is 0.350. The summed E-state index contributed by atoms with van der Waals surface area (Å²) in [5, 5.41) is 2.75. The standard InChI is InChI=1S/C20H25FN2O4S/c1-15(23(28(3,25)26)18-10-5-9-17(21)14-18)20(24)22-12-6-8-16-7-4-11-19(13-16)27-2/h4-5,7,9-11,13-15H,6,8,12H2,1-3H3,(H,22,24)/t15-/m0/s1. The van der Waals surface area contributed by atoms with Gasteiger partial charge in [0.25, 0.3) is 0 Å². The van der Waals surface area contributed by atoms with Gasteiger partial charge >= 0.3 is 0 Å². The molecule has 0 saturated carbocycles. The summed E-state index contributed by atoms with van der Waals surface area (Å²) in [5.41, 5.74) is 1.20. The lowest BCUT2D eigenvalue weighted by atomic mass is 10.1. The summed E-state index contributed by atoms with van der Waals surface area (Å²) in [6.07, 6.45) is 2.42. The van der Waals surface area contributed by atoms with Crippen molar-refractivity contribution in [2.24, 2.45) is 0 Å². The molecule has 0 heterocycles. The van der Waals surface area contributed by atoms with Crippen LogP contribution in [0.2, 0.25) is 0 Å². The van der Waals surface area contributed by atoms with Crippen molar-refractivity contribution in [3.05, 3.63) is 59.9 Å². The Bertz CT molecular complexity index is 918. The number of sulfonamides is 1. The average Bonchev–Trinajstić information content (AvgIpc) is 2.64. The molecule has 0 radical (unpaired) electrons. The van der Waals surface area contributed by atoms with E-state index in [0.29, 0.717) is 13.0 Å². The number of nitrogens with zero attached hydrogens (tertiary/aromatic N) is 1. The number of amides is 1. The zero-order valence-corrected chi connectivity index (χ0v) is 17.0. The SMILES string of the molecule is COc1cccc(CCCNC(=O)[C@H](C)N(c2cccc(F)c2)S(C)(=O)=O)c1. The highest BCUT2D eigenvalue weighted by molar-refractivity contribution is 7.92. The molecule has 0 saturated heterocycles. The predicted molar refractivity (Wildman–Crippen MR) is 108 cm³/mol. The summed E-state index contributed by atoms with van der Waals surface area (Å²) in [4.78, 5) is 12.5. The van der Waals surface area contributed by atoms with E-state index in [1.807, 2.05) is 24.3 Å². The Balaban J connectivity index is 1.97. The number of ether oxygens (including phenoxy) is 1. The molecule has 0 aliphatic rings. The third kappa shape index (κ3) is 5.95. The minimum atomic E-state index is -3.77. The normalized spacial score (nSPS) is 12.3. The van der Waals surface area contributed by atoms with Crippen molar-refractivity contribution in [2.75, 3.05) is 24.2 Å². The van der Waals surface area contributed by atoms with Crippen molar-refractivity contribution in [1.29, 1.82) is 0 Å². The number of halogens is 1. The van der Waals surface area contributed by atoms with Crippen LogP contribution in [0.25, 0.3) is 0 Å². The fourth-order valence-electron chi connectivity index (χ4n) is 2.90. The molecule has 0 bridgehead atoms. The Morgan fingerprint density at radius 2 is 1.93 bits per heavy atom. The van der Waals surface area contributed by atoms with E-state index in [1.54, 1.807) is 7.11 Å². The van der Waals surface area contributed by atoms with Gasteiger partial charge in [0.05, 0.1) is 19.1 Å². The summed E-state index contributed by atoms with van der Waals surface area (Å²) in [6.45, 7) is 1.87. The first kappa shape index (κ1) is 21.7. The highest BCUT2D eigenvalue weighted by atomic mass is 32.2. The number of carbonyl (C=O) groups is 1. The van der Waals surface area contributed by atoms with Crippen LogP contribution in [0.1, 0.15) is 18.9 Å². The van der Waals surface area contributed by atoms with Gasteiger partial charge in [0.15, 0.2) is 0 Å². The monoisotopic (exact) mass is 408 g/mol. The average molecular weight is 408 g/mol. The summed E-state index contributed by atoms with van der Waals surface area (Å²) in [5.74, 6) is -0.244. The van der Waals surface area contributed by atoms with Gasteiger partial charge in [0, 0.05) is 6.54 Å². The molecule has 0 aromatic heterocycles. The van der Waals surface area contributed by atoms with Gasteiger partial charge in [-0.15, -0.1) is 0 Å². The smallest absolute Gasteiger partial charge is 0.243 e. The summed E-state index contributed by atoms with van der Waals surface area (Å²) in [6, 6.07) is 11.8. The largest absolute Gasteiger partial charge is 0.497 e. The molecule has 0 aliphatic carbocycles. The van der Waals surface area contributed by atoms with Gasteiger partial charge < -0.3 is 10.1 Å². The van der Waals surface area contributed by atoms with E-state index < -0.39 is 27.8 Å². The molecule has 2 aromatic carbocycles. The van der Waals surface area contributed by atoms with Crippen LogP contribution in [-0.2, 0) is 21.2 Å². The van der Waals surface area contributed by atoms with Crippen LogP contribution in [0.3, 0.4) is 0 Å². The number of rotatable bonds is 9. The van der Waals surface area contributed by atoms with Gasteiger partial charge in [-0.05, 0) is 55.7 Å². The number of anilines is 1. The van der Waals surface area contributed by atoms with Crippen LogP contribution in [0.5, 0.6) is 5.75 Å². The number of carbonyl (C=O) groups excluding carboxylic acids is 1. The van der Waals surface area contributed by atoms with Crippen LogP contribution < -0.4 is 14.4 Å². The van der Waals surface area contributed by atoms with Crippen LogP contribution in [0, 0.1) is 5.82 Å². The van der Waals surface area contributed by atoms with E-state index in [0.717, 1.165) is 34.4 Å². The van der Waals surface area contributed by atoms with E-state index in [9.17, 15) is 17.6 Å². The molecule has 1 atom stereocenters. The molecule has 0 aliphatic heterocycles. The van der Waals surface area contributed by atoms with E-state index in [2.05, 4.69) is 5.32 Å². The molecule has 28 heavy (non-hydrogen) atoms. The molecule has 1 amide bonds. The number of methoxy groups -OCH3 is 1. The molecule has 2 aromatic rings. The molecule has 152 valence electrons. The lowest BCUT2D eigenvalue weighted by Gasteiger charge is -2.28. The Morgan fingerprint density at radius 1 is 1.21 bits per heavy atom. The van der Waals surface area contributed by atoms with Gasteiger partial charge in [-0.2, -0.15) is 0 Å². The second-order valence-electron chi connectivity index (χ2n) is 6.46. The Labute approximate surface area is 165 Å². The maximum Gasteiger partial charge on any atom is 0.243 e. The maximum absolute atomic E-state index is 13.5. The van der Waals surface area contributed by atoms with Crippen LogP contribution >= 0.6 is 0 Å². The van der Waals surface area contributed by atoms with Crippen molar-refractivity contribution in [3.8, 4) is 5.75 Å². The van der Waals surface area contributed by atoms with E-state index in [1.165, 1.54) is 25.1 Å². The molecule has 1 N–H and O–H groups in total. The molecule has 0 spiro atoms. The number of nitrogens with one attached hydrogen (secondary N) is 1. The van der Waals surface area contributed by atoms with Crippen molar-refractivity contribution in [2.45, 2.75) is 25.8 Å². The van der Waals surface area contributed by atoms with Gasteiger partial charge in [-0.25, -0.2) is 12.8 Å². The second-order valence-corrected chi connectivity index (χ2v) is 8.32. The van der Waals surface area contributed by atoms with E-state index in [-0.39, 0.29) is 5.69 Å². The second kappa shape index (κ2) is 9.54. The highest BCUT2D eigenvalue weighted by Crippen LogP contribution is 2.21. The summed E-state index contributed by atoms with van der Waals surface area (Å²) < 4.78 is 44.0. The van der Waals surface area contributed by atoms with Crippen LogP contribution in [0.15, 0.2) is 48.5 Å². The van der Waals surface area contributed by atoms with Gasteiger partial charge in [0.1, 0.15) is 17.6 Å². The number of aryl methyl sites for hydroxylation is 1. The lowest BCUT2D eigenvalue weighted by Crippen LogP contribution is -2.48. The Hall–Kier alpha value is -2.61.